The van der Waals surface area contributed by atoms with Crippen molar-refractivity contribution in [2.24, 2.45) is 0 Å². The lowest BCUT2D eigenvalue weighted by atomic mass is 10.1. The molecule has 3 rings (SSSR count). The Morgan fingerprint density at radius 1 is 1.30 bits per heavy atom. The maximum absolute atomic E-state index is 11.6. The highest BCUT2D eigenvalue weighted by atomic mass is 16.5. The molecule has 0 bridgehead atoms. The summed E-state index contributed by atoms with van der Waals surface area (Å²) in [6.45, 7) is 6.04. The number of imidazole rings is 1. The van der Waals surface area contributed by atoms with Gasteiger partial charge in [-0.3, -0.25) is 4.79 Å². The predicted molar refractivity (Wildman–Crippen MR) is 90.6 cm³/mol. The first-order chi connectivity index (χ1) is 11.1. The molecule has 0 N–H and O–H groups in total. The van der Waals surface area contributed by atoms with Crippen LogP contribution in [0.15, 0.2) is 55.4 Å². The van der Waals surface area contributed by atoms with Gasteiger partial charge in [0, 0.05) is 11.1 Å². The van der Waals surface area contributed by atoms with Crippen LogP contribution in [-0.2, 0) is 6.54 Å². The third-order valence-corrected chi connectivity index (χ3v) is 3.96. The first-order valence-electron chi connectivity index (χ1n) is 7.43. The van der Waals surface area contributed by atoms with E-state index >= 15 is 0 Å². The van der Waals surface area contributed by atoms with Gasteiger partial charge in [0.25, 0.3) is 0 Å². The quantitative estimate of drug-likeness (QED) is 0.535. The second-order valence-corrected chi connectivity index (χ2v) is 5.40. The van der Waals surface area contributed by atoms with Crippen LogP contribution in [0.2, 0.25) is 0 Å². The van der Waals surface area contributed by atoms with E-state index in [2.05, 4.69) is 23.3 Å². The average molecular weight is 307 g/mol. The van der Waals surface area contributed by atoms with Crippen molar-refractivity contribution >= 4 is 23.0 Å². The molecule has 0 saturated heterocycles. The zero-order chi connectivity index (χ0) is 16.4. The molecule has 0 aliphatic carbocycles. The molecule has 0 saturated carbocycles. The molecule has 3 aromatic rings. The van der Waals surface area contributed by atoms with Gasteiger partial charge in [-0.25, -0.2) is 9.13 Å². The minimum Gasteiger partial charge on any atom is -0.496 e. The highest BCUT2D eigenvalue weighted by Crippen LogP contribution is 2.21. The summed E-state index contributed by atoms with van der Waals surface area (Å²) in [5.41, 5.74) is 3.85. The van der Waals surface area contributed by atoms with Crippen LogP contribution in [0.5, 0.6) is 5.75 Å². The highest BCUT2D eigenvalue weighted by molar-refractivity contribution is 5.94. The Labute approximate surface area is 135 Å². The van der Waals surface area contributed by atoms with E-state index in [9.17, 15) is 4.79 Å². The Kier molecular flexibility index (Phi) is 3.98. The maximum atomic E-state index is 11.6. The number of hydrogen-bond donors (Lipinski definition) is 0. The summed E-state index contributed by atoms with van der Waals surface area (Å²) in [5, 5.41) is 0. The van der Waals surface area contributed by atoms with E-state index in [4.69, 9.17) is 4.74 Å². The van der Waals surface area contributed by atoms with Crippen molar-refractivity contribution in [3.8, 4) is 5.75 Å². The van der Waals surface area contributed by atoms with Gasteiger partial charge in [0.2, 0.25) is 6.33 Å². The second-order valence-electron chi connectivity index (χ2n) is 5.40. The molecule has 0 atom stereocenters. The van der Waals surface area contributed by atoms with Crippen molar-refractivity contribution in [2.75, 3.05) is 7.11 Å². The smallest absolute Gasteiger partial charge is 0.249 e. The normalized spacial score (nSPS) is 10.7. The molecule has 2 aromatic carbocycles. The van der Waals surface area contributed by atoms with Crippen molar-refractivity contribution in [1.82, 2.24) is 4.57 Å². The number of ether oxygens (including phenoxy) is 1. The second kappa shape index (κ2) is 6.08. The van der Waals surface area contributed by atoms with Gasteiger partial charge < -0.3 is 4.74 Å². The lowest BCUT2D eigenvalue weighted by Crippen LogP contribution is -2.33. The van der Waals surface area contributed by atoms with E-state index in [1.54, 1.807) is 26.3 Å². The van der Waals surface area contributed by atoms with Crippen LogP contribution < -0.4 is 9.30 Å². The number of nitrogens with zero attached hydrogens (tertiary/aromatic N) is 2. The SMILES string of the molecule is C=Cn1c[n+](Cc2cc(C(C)=O)ccc2OC)c2ccccc21. The van der Waals surface area contributed by atoms with Gasteiger partial charge in [-0.15, -0.1) is 0 Å². The highest BCUT2D eigenvalue weighted by Gasteiger charge is 2.16. The van der Waals surface area contributed by atoms with Crippen LogP contribution in [0.25, 0.3) is 17.2 Å². The van der Waals surface area contributed by atoms with Gasteiger partial charge in [0.05, 0.1) is 13.3 Å². The van der Waals surface area contributed by atoms with E-state index in [-0.39, 0.29) is 5.78 Å². The maximum Gasteiger partial charge on any atom is 0.249 e. The van der Waals surface area contributed by atoms with Crippen LogP contribution in [-0.4, -0.2) is 17.5 Å². The number of hydrogen-bond acceptors (Lipinski definition) is 2. The van der Waals surface area contributed by atoms with Crippen LogP contribution in [0.1, 0.15) is 22.8 Å². The number of aromatic nitrogens is 2. The lowest BCUT2D eigenvalue weighted by Gasteiger charge is -2.08. The van der Waals surface area contributed by atoms with Crippen molar-refractivity contribution in [3.63, 3.8) is 0 Å². The summed E-state index contributed by atoms with van der Waals surface area (Å²) in [6, 6.07) is 13.7. The average Bonchev–Trinajstić information content (AvgIpc) is 2.93. The number of fused-ring (bicyclic) bond motifs is 1. The van der Waals surface area contributed by atoms with Crippen LogP contribution in [0.3, 0.4) is 0 Å². The molecule has 0 amide bonds. The van der Waals surface area contributed by atoms with Crippen molar-refractivity contribution in [2.45, 2.75) is 13.5 Å². The molecule has 1 aromatic heterocycles. The van der Waals surface area contributed by atoms with Gasteiger partial charge in [-0.1, -0.05) is 18.7 Å². The molecule has 0 unspecified atom stereocenters. The molecule has 0 fully saturated rings. The molecule has 0 aliphatic rings. The Morgan fingerprint density at radius 3 is 2.78 bits per heavy atom. The molecule has 0 radical (unpaired) electrons. The fourth-order valence-corrected chi connectivity index (χ4v) is 2.78. The number of carbonyl (C=O) groups is 1. The van der Waals surface area contributed by atoms with E-state index < -0.39 is 0 Å². The Bertz CT molecular complexity index is 894. The topological polar surface area (TPSA) is 35.1 Å². The first kappa shape index (κ1) is 15.0. The standard InChI is InChI=1S/C19H19N2O2/c1-4-20-13-21(18-8-6-5-7-17(18)20)12-16-11-15(14(2)22)9-10-19(16)23-3/h4-11,13H,1,12H2,2-3H3/q+1. The monoisotopic (exact) mass is 307 g/mol. The summed E-state index contributed by atoms with van der Waals surface area (Å²) in [4.78, 5) is 11.6. The number of Topliss-reactive ketones (excluding diaryl/α,β-unsaturated/α-hetero) is 1. The van der Waals surface area contributed by atoms with Crippen LogP contribution in [0, 0.1) is 0 Å². The zero-order valence-electron chi connectivity index (χ0n) is 13.3. The van der Waals surface area contributed by atoms with Gasteiger partial charge in [-0.2, -0.15) is 0 Å². The lowest BCUT2D eigenvalue weighted by molar-refractivity contribution is -0.662. The van der Waals surface area contributed by atoms with Crippen molar-refractivity contribution in [1.29, 1.82) is 0 Å². The van der Waals surface area contributed by atoms with Gasteiger partial charge in [0.15, 0.2) is 16.8 Å². The molecule has 4 heteroatoms. The summed E-state index contributed by atoms with van der Waals surface area (Å²) in [7, 11) is 1.64. The molecule has 4 nitrogen and oxygen atoms in total. The number of para-hydroxylation sites is 2. The summed E-state index contributed by atoms with van der Waals surface area (Å²) in [6.07, 6.45) is 3.78. The van der Waals surface area contributed by atoms with E-state index in [1.807, 2.05) is 35.2 Å². The molecule has 116 valence electrons. The summed E-state index contributed by atoms with van der Waals surface area (Å²) >= 11 is 0. The number of methoxy groups -OCH3 is 1. The van der Waals surface area contributed by atoms with Gasteiger partial charge in [0.1, 0.15) is 12.3 Å². The molecule has 0 aliphatic heterocycles. The number of ketones is 1. The number of benzene rings is 2. The third-order valence-electron chi connectivity index (χ3n) is 3.96. The fourth-order valence-electron chi connectivity index (χ4n) is 2.78. The minimum atomic E-state index is 0.0485. The van der Waals surface area contributed by atoms with Gasteiger partial charge in [-0.05, 0) is 37.3 Å². The van der Waals surface area contributed by atoms with Crippen LogP contribution in [0.4, 0.5) is 0 Å². The van der Waals surface area contributed by atoms with Crippen LogP contribution >= 0.6 is 0 Å². The number of rotatable bonds is 5. The van der Waals surface area contributed by atoms with E-state index in [0.717, 1.165) is 22.3 Å². The molecular formula is C19H19N2O2+. The Morgan fingerprint density at radius 2 is 2.09 bits per heavy atom. The minimum absolute atomic E-state index is 0.0485. The Hall–Kier alpha value is -2.88. The largest absolute Gasteiger partial charge is 0.496 e. The first-order valence-corrected chi connectivity index (χ1v) is 7.43. The number of carbonyl (C=O) groups excluding carboxylic acids is 1. The van der Waals surface area contributed by atoms with E-state index in [0.29, 0.717) is 12.1 Å². The van der Waals surface area contributed by atoms with Crippen molar-refractivity contribution < 1.29 is 14.1 Å². The fraction of sp³-hybridized carbons (Fsp3) is 0.158. The third kappa shape index (κ3) is 2.75. The zero-order valence-corrected chi connectivity index (χ0v) is 13.3. The summed E-state index contributed by atoms with van der Waals surface area (Å²) < 4.78 is 9.55. The van der Waals surface area contributed by atoms with Gasteiger partial charge >= 0.3 is 0 Å². The summed E-state index contributed by atoms with van der Waals surface area (Å²) in [5.74, 6) is 0.824. The molecular weight excluding hydrogens is 288 g/mol. The van der Waals surface area contributed by atoms with Crippen molar-refractivity contribution in [3.05, 3.63) is 66.5 Å². The molecule has 23 heavy (non-hydrogen) atoms. The Balaban J connectivity index is 2.10. The molecule has 0 spiro atoms. The predicted octanol–water partition coefficient (Wildman–Crippen LogP) is 3.29. The molecule has 1 heterocycles. The van der Waals surface area contributed by atoms with E-state index in [1.165, 1.54) is 0 Å².